The van der Waals surface area contributed by atoms with Gasteiger partial charge in [-0.2, -0.15) is 0 Å². The minimum Gasteiger partial charge on any atom is -0.494 e. The number of hydrogen-bond acceptors (Lipinski definition) is 7. The van der Waals surface area contributed by atoms with Gasteiger partial charge in [-0.3, -0.25) is 4.79 Å². The van der Waals surface area contributed by atoms with Crippen molar-refractivity contribution in [3.63, 3.8) is 0 Å². The quantitative estimate of drug-likeness (QED) is 0.184. The number of benzene rings is 1. The second-order valence-corrected chi connectivity index (χ2v) is 14.9. The first-order valence-electron chi connectivity index (χ1n) is 12.0. The predicted octanol–water partition coefficient (Wildman–Crippen LogP) is 4.32. The summed E-state index contributed by atoms with van der Waals surface area (Å²) in [4.78, 5) is 13.9. The van der Waals surface area contributed by atoms with E-state index in [0.29, 0.717) is 30.8 Å². The summed E-state index contributed by atoms with van der Waals surface area (Å²) >= 11 is 1.38. The molecule has 34 heavy (non-hydrogen) atoms. The molecule has 190 valence electrons. The topological polar surface area (TPSA) is 96.2 Å². The molecule has 1 aromatic carbocycles. The molecule has 0 saturated carbocycles. The molecule has 0 amide bonds. The van der Waals surface area contributed by atoms with Crippen LogP contribution in [0.1, 0.15) is 32.1 Å². The minimum atomic E-state index is -2.09. The van der Waals surface area contributed by atoms with Crippen molar-refractivity contribution in [3.05, 3.63) is 53.5 Å². The van der Waals surface area contributed by atoms with Crippen molar-refractivity contribution in [2.75, 3.05) is 19.5 Å². The number of para-hydroxylation sites is 1. The Morgan fingerprint density at radius 3 is 2.44 bits per heavy atom. The van der Waals surface area contributed by atoms with E-state index in [-0.39, 0.29) is 12.4 Å². The number of aliphatic hydroxyl groups excluding tert-OH is 3. The van der Waals surface area contributed by atoms with Crippen LogP contribution in [0.25, 0.3) is 0 Å². The zero-order chi connectivity index (χ0) is 25.2. The maximum Gasteiger partial charge on any atom is 0.184 e. The third-order valence-electron chi connectivity index (χ3n) is 5.65. The Morgan fingerprint density at radius 2 is 1.82 bits per heavy atom. The highest BCUT2D eigenvalue weighted by Crippen LogP contribution is 2.45. The normalized spacial score (nSPS) is 22.7. The van der Waals surface area contributed by atoms with Gasteiger partial charge >= 0.3 is 0 Å². The fourth-order valence-corrected chi connectivity index (χ4v) is 6.34. The Kier molecular flexibility index (Phi) is 11.5. The van der Waals surface area contributed by atoms with Crippen LogP contribution in [0.4, 0.5) is 0 Å². The number of allylic oxidation sites excluding steroid dienone is 1. The zero-order valence-corrected chi connectivity index (χ0v) is 22.6. The number of ether oxygens (including phenoxy) is 1. The smallest absolute Gasteiger partial charge is 0.184 e. The van der Waals surface area contributed by atoms with Gasteiger partial charge in [0.05, 0.1) is 30.3 Å². The molecule has 1 aliphatic carbocycles. The first kappa shape index (κ1) is 28.8. The third kappa shape index (κ3) is 8.66. The van der Waals surface area contributed by atoms with Gasteiger partial charge in [-0.1, -0.05) is 30.4 Å². The fraction of sp³-hybridized carbons (Fsp3) is 0.577. The van der Waals surface area contributed by atoms with E-state index in [1.165, 1.54) is 23.9 Å². The van der Waals surface area contributed by atoms with Gasteiger partial charge in [-0.25, -0.2) is 0 Å². The highest BCUT2D eigenvalue weighted by atomic mass is 32.2. The van der Waals surface area contributed by atoms with Crippen LogP contribution in [-0.4, -0.2) is 66.7 Å². The highest BCUT2D eigenvalue weighted by Gasteiger charge is 2.52. The van der Waals surface area contributed by atoms with Gasteiger partial charge in [0.1, 0.15) is 5.75 Å². The van der Waals surface area contributed by atoms with Crippen molar-refractivity contribution >= 4 is 25.9 Å². The largest absolute Gasteiger partial charge is 0.494 e. The number of carbonyl (C=O) groups is 1. The van der Waals surface area contributed by atoms with E-state index < -0.39 is 32.0 Å². The molecule has 0 aromatic heterocycles. The molecule has 2 rings (SSSR count). The Balaban J connectivity index is 2.17. The first-order valence-corrected chi connectivity index (χ1v) is 16.6. The molecule has 1 aromatic rings. The van der Waals surface area contributed by atoms with Crippen LogP contribution in [0.5, 0.6) is 5.75 Å². The number of Topliss-reactive ketones (excluding diaryl/α,β-unsaturated/α-hetero) is 1. The van der Waals surface area contributed by atoms with Crippen molar-refractivity contribution in [2.24, 2.45) is 5.92 Å². The lowest BCUT2D eigenvalue weighted by Crippen LogP contribution is -2.50. The molecule has 3 N–H and O–H groups in total. The standard InChI is InChI=1S/C26H40O6SSi/c1-33-23-19-26(32-34(2,3)4,16-8-9-18-31-21-12-6-5-7-13-21)24(25(23)30)22(29)15-14-20(28)11-10-17-27/h5-7,12-15,19-20,22,24,27-29H,8-11,16-18H2,1-4H3/b15-14+. The third-order valence-corrected chi connectivity index (χ3v) is 7.40. The van der Waals surface area contributed by atoms with E-state index in [0.717, 1.165) is 18.6 Å². The van der Waals surface area contributed by atoms with Gasteiger partial charge in [0, 0.05) is 11.5 Å². The molecule has 1 aliphatic rings. The summed E-state index contributed by atoms with van der Waals surface area (Å²) in [5, 5.41) is 30.1. The molecule has 4 unspecified atom stereocenters. The molecule has 8 heteroatoms. The molecule has 4 atom stereocenters. The lowest BCUT2D eigenvalue weighted by Gasteiger charge is -2.40. The highest BCUT2D eigenvalue weighted by molar-refractivity contribution is 8.03. The van der Waals surface area contributed by atoms with Crippen LogP contribution in [-0.2, 0) is 9.22 Å². The Hall–Kier alpha value is -1.42. The predicted molar refractivity (Wildman–Crippen MR) is 141 cm³/mol. The summed E-state index contributed by atoms with van der Waals surface area (Å²) in [7, 11) is -2.09. The van der Waals surface area contributed by atoms with Crippen molar-refractivity contribution < 1.29 is 29.3 Å². The average Bonchev–Trinajstić information content (AvgIpc) is 3.06. The van der Waals surface area contributed by atoms with Crippen LogP contribution in [0, 0.1) is 5.92 Å². The van der Waals surface area contributed by atoms with Crippen LogP contribution in [0.2, 0.25) is 19.6 Å². The van der Waals surface area contributed by atoms with Crippen molar-refractivity contribution in [1.29, 1.82) is 0 Å². The molecule has 0 spiro atoms. The number of carbonyl (C=O) groups excluding carboxylic acids is 1. The SMILES string of the molecule is CSC1=CC(CCCCOc2ccccc2)(O[Si](C)(C)C)C(C(O)/C=C/C(O)CCCO)C1=O. The number of aliphatic hydroxyl groups is 3. The van der Waals surface area contributed by atoms with E-state index >= 15 is 0 Å². The van der Waals surface area contributed by atoms with Crippen LogP contribution in [0.3, 0.4) is 0 Å². The second kappa shape index (κ2) is 13.6. The van der Waals surface area contributed by atoms with Gasteiger partial charge < -0.3 is 24.5 Å². The number of hydrogen-bond donors (Lipinski definition) is 3. The molecular weight excluding hydrogens is 468 g/mol. The number of unbranched alkanes of at least 4 members (excludes halogenated alkanes) is 1. The van der Waals surface area contributed by atoms with Gasteiger partial charge in [-0.05, 0) is 76.2 Å². The summed E-state index contributed by atoms with van der Waals surface area (Å²) in [6.45, 7) is 6.81. The van der Waals surface area contributed by atoms with Crippen LogP contribution in [0.15, 0.2) is 53.5 Å². The van der Waals surface area contributed by atoms with Gasteiger partial charge in [-0.15, -0.1) is 11.8 Å². The summed E-state index contributed by atoms with van der Waals surface area (Å²) in [6.07, 6.45) is 7.94. The summed E-state index contributed by atoms with van der Waals surface area (Å²) in [5.74, 6) is -0.0549. The summed E-state index contributed by atoms with van der Waals surface area (Å²) < 4.78 is 12.5. The Labute approximate surface area is 209 Å². The molecule has 6 nitrogen and oxygen atoms in total. The number of ketones is 1. The fourth-order valence-electron chi connectivity index (χ4n) is 4.26. The van der Waals surface area contributed by atoms with E-state index in [2.05, 4.69) is 19.6 Å². The maximum atomic E-state index is 13.3. The molecular formula is C26H40O6SSi. The minimum absolute atomic E-state index is 0.00326. The number of thioether (sulfide) groups is 1. The van der Waals surface area contributed by atoms with E-state index in [4.69, 9.17) is 14.3 Å². The summed E-state index contributed by atoms with van der Waals surface area (Å²) in [5.41, 5.74) is -0.896. The molecule has 0 fully saturated rings. The van der Waals surface area contributed by atoms with Crippen molar-refractivity contribution in [1.82, 2.24) is 0 Å². The molecule has 0 radical (unpaired) electrons. The molecule has 0 saturated heterocycles. The molecule has 0 heterocycles. The summed E-state index contributed by atoms with van der Waals surface area (Å²) in [6, 6.07) is 9.67. The van der Waals surface area contributed by atoms with Crippen molar-refractivity contribution in [2.45, 2.75) is 69.6 Å². The van der Waals surface area contributed by atoms with Crippen LogP contribution < -0.4 is 4.74 Å². The second-order valence-electron chi connectivity index (χ2n) is 9.65. The van der Waals surface area contributed by atoms with Crippen molar-refractivity contribution in [3.8, 4) is 5.75 Å². The molecule has 0 bridgehead atoms. The van der Waals surface area contributed by atoms with E-state index in [1.807, 2.05) is 42.7 Å². The molecule has 0 aliphatic heterocycles. The average molecular weight is 509 g/mol. The first-order chi connectivity index (χ1) is 16.1. The van der Waals surface area contributed by atoms with E-state index in [9.17, 15) is 15.0 Å². The maximum absolute atomic E-state index is 13.3. The van der Waals surface area contributed by atoms with Gasteiger partial charge in [0.15, 0.2) is 14.1 Å². The van der Waals surface area contributed by atoms with Gasteiger partial charge in [0.2, 0.25) is 0 Å². The monoisotopic (exact) mass is 508 g/mol. The lowest BCUT2D eigenvalue weighted by atomic mass is 9.81. The van der Waals surface area contributed by atoms with Gasteiger partial charge in [0.25, 0.3) is 0 Å². The van der Waals surface area contributed by atoms with Crippen LogP contribution >= 0.6 is 11.8 Å². The Morgan fingerprint density at radius 1 is 1.12 bits per heavy atom. The Bertz CT molecular complexity index is 822. The lowest BCUT2D eigenvalue weighted by molar-refractivity contribution is -0.126. The zero-order valence-electron chi connectivity index (χ0n) is 20.8. The van der Waals surface area contributed by atoms with E-state index in [1.54, 1.807) is 0 Å². The number of rotatable bonds is 15.